The van der Waals surface area contributed by atoms with Crippen LogP contribution < -0.4 is 4.90 Å². The Morgan fingerprint density at radius 2 is 1.34 bits per heavy atom. The molecule has 0 spiro atoms. The monoisotopic (exact) mass is 1000 g/mol. The molecule has 0 saturated heterocycles. The number of anilines is 1. The molecule has 2 aromatic carbocycles. The van der Waals surface area contributed by atoms with E-state index in [0.717, 1.165) is 29.0 Å². The average molecular weight is 1000 g/mol. The van der Waals surface area contributed by atoms with Crippen molar-refractivity contribution in [2.24, 2.45) is 0 Å². The largest absolute Gasteiger partial charge is 0.481 e. The summed E-state index contributed by atoms with van der Waals surface area (Å²) >= 11 is 0.735. The van der Waals surface area contributed by atoms with E-state index in [1.165, 1.54) is 24.0 Å². The van der Waals surface area contributed by atoms with Crippen LogP contribution in [0.25, 0.3) is 0 Å². The van der Waals surface area contributed by atoms with Crippen molar-refractivity contribution in [2.45, 2.75) is 107 Å². The van der Waals surface area contributed by atoms with Crippen molar-refractivity contribution in [3.8, 4) is 0 Å². The quantitative estimate of drug-likeness (QED) is 0.00540. The molecule has 65 heavy (non-hydrogen) atoms. The summed E-state index contributed by atoms with van der Waals surface area (Å²) in [5, 5.41) is 21.7. The number of fused-ring (bicyclic) bond motifs is 2. The summed E-state index contributed by atoms with van der Waals surface area (Å²) in [5.41, 5.74) is -1.20. The van der Waals surface area contributed by atoms with Gasteiger partial charge in [0.05, 0.1) is 40.4 Å². The third kappa shape index (κ3) is 14.4. The number of nitrogens with zero attached hydrogens (tertiary/aromatic N) is 2. The van der Waals surface area contributed by atoms with E-state index < -0.39 is 98.9 Å². The fourth-order valence-electron chi connectivity index (χ4n) is 8.49. The molecule has 2 heterocycles. The van der Waals surface area contributed by atoms with Gasteiger partial charge in [-0.3, -0.25) is 18.5 Å². The van der Waals surface area contributed by atoms with Crippen LogP contribution in [0, 0.1) is 23.3 Å². The number of halogens is 4. The van der Waals surface area contributed by atoms with Gasteiger partial charge >= 0.3 is 5.97 Å². The summed E-state index contributed by atoms with van der Waals surface area (Å²) in [5.74, 6) is -10.3. The molecule has 0 amide bonds. The fraction of sp³-hybridized carbons (Fsp3) is 0.512. The summed E-state index contributed by atoms with van der Waals surface area (Å²) in [7, 11) is -13.1. The first-order chi connectivity index (χ1) is 30.3. The highest BCUT2D eigenvalue weighted by Crippen LogP contribution is 2.54. The second-order valence-corrected chi connectivity index (χ2v) is 21.7. The van der Waals surface area contributed by atoms with Crippen LogP contribution in [0.2, 0.25) is 0 Å². The minimum Gasteiger partial charge on any atom is -0.481 e. The predicted octanol–water partition coefficient (Wildman–Crippen LogP) is 8.23. The van der Waals surface area contributed by atoms with Crippen LogP contribution in [0.1, 0.15) is 102 Å². The molecule has 0 saturated carbocycles. The molecular formula is C41H53F4N2O14S4+. The molecule has 2 atom stereocenters. The van der Waals surface area contributed by atoms with Crippen molar-refractivity contribution in [2.75, 3.05) is 35.2 Å². The molecule has 4 rings (SSSR count). The van der Waals surface area contributed by atoms with Gasteiger partial charge in [-0.05, 0) is 77.0 Å². The first-order valence-electron chi connectivity index (χ1n) is 20.6. The molecule has 0 radical (unpaired) electrons. The van der Waals surface area contributed by atoms with Crippen LogP contribution in [-0.2, 0) is 55.4 Å². The summed E-state index contributed by atoms with van der Waals surface area (Å²) in [6.45, 7) is 3.45. The van der Waals surface area contributed by atoms with Crippen molar-refractivity contribution in [1.82, 2.24) is 0 Å². The van der Waals surface area contributed by atoms with Crippen molar-refractivity contribution >= 4 is 65.5 Å². The van der Waals surface area contributed by atoms with Gasteiger partial charge in [-0.1, -0.05) is 42.5 Å². The molecule has 16 nitrogen and oxygen atoms in total. The van der Waals surface area contributed by atoms with Crippen LogP contribution in [0.5, 0.6) is 0 Å². The van der Waals surface area contributed by atoms with E-state index in [-0.39, 0.29) is 63.7 Å². The maximum atomic E-state index is 15.9. The van der Waals surface area contributed by atoms with Crippen LogP contribution in [0.4, 0.5) is 28.9 Å². The number of allylic oxidation sites excluding steroid dienone is 6. The minimum absolute atomic E-state index is 0.0133. The smallest absolute Gasteiger partial charge is 0.303 e. The molecule has 5 N–H and O–H groups in total. The zero-order valence-corrected chi connectivity index (χ0v) is 38.9. The van der Waals surface area contributed by atoms with Gasteiger partial charge in [0.1, 0.15) is 6.54 Å². The Morgan fingerprint density at radius 3 is 1.95 bits per heavy atom. The number of hydrogen-bond donors (Lipinski definition) is 5. The highest BCUT2D eigenvalue weighted by Gasteiger charge is 2.50. The number of aliphatic carboxylic acids is 1. The lowest BCUT2D eigenvalue weighted by atomic mass is 9.75. The van der Waals surface area contributed by atoms with Crippen LogP contribution in [-0.4, -0.2) is 95.9 Å². The fourth-order valence-corrected chi connectivity index (χ4v) is 10.6. The van der Waals surface area contributed by atoms with Crippen LogP contribution in [0.3, 0.4) is 0 Å². The Balaban J connectivity index is 1.83. The van der Waals surface area contributed by atoms with E-state index in [9.17, 15) is 57.6 Å². The van der Waals surface area contributed by atoms with Gasteiger partial charge in [-0.2, -0.15) is 29.8 Å². The number of rotatable bonds is 27. The second kappa shape index (κ2) is 22.9. The SMILES string of the molecule is CC1(CCCCCC(=O)O)C(/C=C/C=C/C=C2/N(CCCCS(=O)(=O)O)c3c(F)c(F)c(F)c(F)c3C2(C)CCCCS(=O)(=O)O)=[N+](CCCCS(=O)(=O)O)c2ccc(SOOO)cc21. The third-order valence-corrected chi connectivity index (χ3v) is 14.5. The molecule has 0 fully saturated rings. The molecule has 2 aliphatic heterocycles. The minimum atomic E-state index is -4.41. The predicted molar refractivity (Wildman–Crippen MR) is 234 cm³/mol. The van der Waals surface area contributed by atoms with Gasteiger partial charge in [0.25, 0.3) is 30.4 Å². The number of benzene rings is 2. The highest BCUT2D eigenvalue weighted by atomic mass is 32.2. The van der Waals surface area contributed by atoms with Crippen molar-refractivity contribution < 1.29 is 85.6 Å². The van der Waals surface area contributed by atoms with Gasteiger partial charge < -0.3 is 10.0 Å². The number of carboxylic acids is 1. The Kier molecular flexibility index (Phi) is 18.9. The van der Waals surface area contributed by atoms with Crippen LogP contribution in [0.15, 0.2) is 59.2 Å². The lowest BCUT2D eigenvalue weighted by molar-refractivity contribution is -0.438. The molecule has 362 valence electrons. The molecule has 0 aliphatic carbocycles. The van der Waals surface area contributed by atoms with E-state index in [2.05, 4.69) is 9.37 Å². The van der Waals surface area contributed by atoms with Gasteiger partial charge in [0.15, 0.2) is 29.0 Å². The number of hydrogen-bond acceptors (Lipinski definition) is 12. The molecule has 24 heteroatoms. The van der Waals surface area contributed by atoms with Gasteiger partial charge in [-0.15, -0.1) is 4.33 Å². The molecule has 0 aromatic heterocycles. The zero-order chi connectivity index (χ0) is 48.4. The normalized spacial score (nSPS) is 19.7. The van der Waals surface area contributed by atoms with Crippen LogP contribution >= 0.6 is 12.0 Å². The number of unbranched alkanes of at least 4 members (excludes halogenated alkanes) is 5. The Hall–Kier alpha value is -3.72. The van der Waals surface area contributed by atoms with Crippen molar-refractivity contribution in [3.05, 3.63) is 88.7 Å². The third-order valence-electron chi connectivity index (χ3n) is 11.5. The van der Waals surface area contributed by atoms with Crippen molar-refractivity contribution in [3.63, 3.8) is 0 Å². The summed E-state index contributed by atoms with van der Waals surface area (Å²) in [4.78, 5) is 12.9. The Labute approximate surface area is 380 Å². The number of carboxylic acid groups (broad SMARTS) is 1. The lowest BCUT2D eigenvalue weighted by Crippen LogP contribution is -2.31. The summed E-state index contributed by atoms with van der Waals surface area (Å²) in [6.07, 6.45) is 9.95. The molecule has 2 aliphatic rings. The molecule has 2 unspecified atom stereocenters. The second-order valence-electron chi connectivity index (χ2n) is 16.2. The highest BCUT2D eigenvalue weighted by molar-refractivity contribution is 7.94. The molecule has 0 bridgehead atoms. The summed E-state index contributed by atoms with van der Waals surface area (Å²) in [6, 6.07) is 5.33. The maximum Gasteiger partial charge on any atom is 0.303 e. The van der Waals surface area contributed by atoms with Crippen molar-refractivity contribution in [1.29, 1.82) is 0 Å². The first kappa shape index (κ1) is 53.9. The standard InChI is InChI=1S/C41H52F4N2O14S4/c1-40(20-8-4-7-17-33(48)49)29-27-28(62-61-60-50)18-19-30(29)46(22-10-13-25-64(54,55)56)31(40)15-5-3-6-16-32-41(2,21-9-12-24-63(51,52)53)34-35(42)36(43)37(44)38(45)39(34)47(32)23-11-14-26-65(57,58)59/h3,5-6,15-16,18-19,27H,4,7-14,17,20-26H2,1-2H3,(H4-,48,49,50,51,52,53,54,55,56,57,58,59)/p+1. The molecular weight excluding hydrogens is 949 g/mol. The Morgan fingerprint density at radius 1 is 0.754 bits per heavy atom. The van der Waals surface area contributed by atoms with Gasteiger partial charge in [0.2, 0.25) is 5.69 Å². The van der Waals surface area contributed by atoms with E-state index in [4.69, 9.17) is 5.26 Å². The average Bonchev–Trinajstić information content (AvgIpc) is 3.59. The van der Waals surface area contributed by atoms with E-state index in [1.54, 1.807) is 30.4 Å². The van der Waals surface area contributed by atoms with Gasteiger partial charge in [0, 0.05) is 58.7 Å². The topological polar surface area (TPSA) is 245 Å². The van der Waals surface area contributed by atoms with E-state index >= 15 is 8.78 Å². The van der Waals surface area contributed by atoms with Gasteiger partial charge in [-0.25, -0.2) is 22.8 Å². The zero-order valence-electron chi connectivity index (χ0n) is 35.6. The van der Waals surface area contributed by atoms with E-state index in [0.29, 0.717) is 37.0 Å². The molecule has 2 aromatic rings. The van der Waals surface area contributed by atoms with E-state index in [1.807, 2.05) is 17.6 Å². The first-order valence-corrected chi connectivity index (χ1v) is 26.1. The number of carbonyl (C=O) groups is 1. The summed E-state index contributed by atoms with van der Waals surface area (Å²) < 4.78 is 165. The lowest BCUT2D eigenvalue weighted by Gasteiger charge is -2.30. The maximum absolute atomic E-state index is 15.9. The Bertz CT molecular complexity index is 2540.